The molecule has 0 unspecified atom stereocenters. The number of aromatic nitrogens is 2. The van der Waals surface area contributed by atoms with Gasteiger partial charge in [-0.2, -0.15) is 4.98 Å². The van der Waals surface area contributed by atoms with Crippen molar-refractivity contribution in [3.05, 3.63) is 107 Å². The molecular formula is C34H39N3O4. The molecule has 0 saturated heterocycles. The first kappa shape index (κ1) is 29.6. The van der Waals surface area contributed by atoms with Gasteiger partial charge in [0.05, 0.1) is 18.9 Å². The molecule has 1 aromatic heterocycles. The van der Waals surface area contributed by atoms with Crippen LogP contribution in [0.15, 0.2) is 79.0 Å². The van der Waals surface area contributed by atoms with Crippen molar-refractivity contribution < 1.29 is 19.0 Å². The SMILES string of the molecule is CCCOc1nccc(COc2ccc(C(C)(C)c3ccc(OCCCNc4ccc(C)c(C=O)c4)cc3)cc2)n1. The molecule has 0 atom stereocenters. The van der Waals surface area contributed by atoms with Gasteiger partial charge in [0.2, 0.25) is 0 Å². The number of aryl methyl sites for hydroxylation is 1. The Balaban J connectivity index is 1.25. The maximum absolute atomic E-state index is 11.1. The topological polar surface area (TPSA) is 82.6 Å². The Labute approximate surface area is 242 Å². The van der Waals surface area contributed by atoms with Gasteiger partial charge < -0.3 is 19.5 Å². The standard InChI is InChI=1S/C34H39N3O4/c1-5-20-40-33-36-19-17-30(37-33)24-41-32-15-10-28(11-16-32)34(3,4)27-8-13-31(14-9-27)39-21-6-18-35-29-12-7-25(2)26(22-29)23-38/h7-17,19,22-23,35H,5-6,18,20-21,24H2,1-4H3. The third-order valence-electron chi connectivity index (χ3n) is 6.99. The maximum Gasteiger partial charge on any atom is 0.316 e. The van der Waals surface area contributed by atoms with Crippen molar-refractivity contribution >= 4 is 12.0 Å². The van der Waals surface area contributed by atoms with Crippen molar-refractivity contribution in [1.29, 1.82) is 0 Å². The Kier molecular flexibility index (Phi) is 10.3. The minimum atomic E-state index is -0.187. The van der Waals surface area contributed by atoms with Crippen LogP contribution in [0.25, 0.3) is 0 Å². The predicted octanol–water partition coefficient (Wildman–Crippen LogP) is 7.17. The number of anilines is 1. The molecule has 0 aliphatic carbocycles. The summed E-state index contributed by atoms with van der Waals surface area (Å²) in [4.78, 5) is 19.7. The zero-order valence-corrected chi connectivity index (χ0v) is 24.4. The van der Waals surface area contributed by atoms with E-state index in [9.17, 15) is 4.79 Å². The van der Waals surface area contributed by atoms with Crippen LogP contribution in [0, 0.1) is 6.92 Å². The zero-order valence-electron chi connectivity index (χ0n) is 24.4. The summed E-state index contributed by atoms with van der Waals surface area (Å²) in [6.07, 6.45) is 4.33. The number of hydrogen-bond acceptors (Lipinski definition) is 7. The van der Waals surface area contributed by atoms with Crippen LogP contribution in [0.1, 0.15) is 66.4 Å². The molecule has 0 saturated carbocycles. The number of aldehydes is 1. The molecule has 41 heavy (non-hydrogen) atoms. The molecule has 4 rings (SSSR count). The number of nitrogens with one attached hydrogen (secondary N) is 1. The Morgan fingerprint density at radius 1 is 0.854 bits per heavy atom. The molecule has 0 aliphatic rings. The highest BCUT2D eigenvalue weighted by atomic mass is 16.5. The molecule has 0 spiro atoms. The van der Waals surface area contributed by atoms with Gasteiger partial charge in [-0.15, -0.1) is 0 Å². The molecule has 0 fully saturated rings. The molecular weight excluding hydrogens is 514 g/mol. The number of carbonyl (C=O) groups is 1. The minimum Gasteiger partial charge on any atom is -0.494 e. The molecule has 3 aromatic carbocycles. The largest absolute Gasteiger partial charge is 0.494 e. The number of nitrogens with zero attached hydrogens (tertiary/aromatic N) is 2. The van der Waals surface area contributed by atoms with Gasteiger partial charge in [-0.3, -0.25) is 4.79 Å². The average Bonchev–Trinajstić information content (AvgIpc) is 3.00. The first-order valence-corrected chi connectivity index (χ1v) is 14.1. The van der Waals surface area contributed by atoms with Crippen molar-refractivity contribution in [2.45, 2.75) is 52.6 Å². The van der Waals surface area contributed by atoms with E-state index < -0.39 is 0 Å². The molecule has 0 amide bonds. The van der Waals surface area contributed by atoms with E-state index in [1.807, 2.05) is 62.4 Å². The van der Waals surface area contributed by atoms with Crippen LogP contribution >= 0.6 is 0 Å². The van der Waals surface area contributed by atoms with E-state index in [0.717, 1.165) is 54.1 Å². The van der Waals surface area contributed by atoms with Crippen LogP contribution in [0.5, 0.6) is 17.5 Å². The van der Waals surface area contributed by atoms with Gasteiger partial charge in [0.25, 0.3) is 0 Å². The summed E-state index contributed by atoms with van der Waals surface area (Å²) in [7, 11) is 0. The number of carbonyl (C=O) groups excluding carboxylic acids is 1. The van der Waals surface area contributed by atoms with Crippen LogP contribution in [-0.2, 0) is 12.0 Å². The minimum absolute atomic E-state index is 0.187. The smallest absolute Gasteiger partial charge is 0.316 e. The van der Waals surface area contributed by atoms with E-state index in [1.165, 1.54) is 11.1 Å². The summed E-state index contributed by atoms with van der Waals surface area (Å²) < 4.78 is 17.4. The Morgan fingerprint density at radius 3 is 2.20 bits per heavy atom. The van der Waals surface area contributed by atoms with Gasteiger partial charge in [-0.1, -0.05) is 51.1 Å². The van der Waals surface area contributed by atoms with Gasteiger partial charge in [0.15, 0.2) is 0 Å². The lowest BCUT2D eigenvalue weighted by molar-refractivity contribution is 0.112. The van der Waals surface area contributed by atoms with Crippen LogP contribution in [-0.4, -0.2) is 36.0 Å². The first-order valence-electron chi connectivity index (χ1n) is 14.1. The Hall–Kier alpha value is -4.39. The normalized spacial score (nSPS) is 11.1. The predicted molar refractivity (Wildman–Crippen MR) is 162 cm³/mol. The van der Waals surface area contributed by atoms with Crippen LogP contribution < -0.4 is 19.5 Å². The number of hydrogen-bond donors (Lipinski definition) is 1. The second kappa shape index (κ2) is 14.3. The molecule has 0 bridgehead atoms. The molecule has 7 heteroatoms. The molecule has 7 nitrogen and oxygen atoms in total. The van der Waals surface area contributed by atoms with Crippen molar-refractivity contribution in [2.75, 3.05) is 25.1 Å². The fraction of sp³-hybridized carbons (Fsp3) is 0.324. The third-order valence-corrected chi connectivity index (χ3v) is 6.99. The Bertz CT molecular complexity index is 1400. The van der Waals surface area contributed by atoms with Crippen molar-refractivity contribution in [2.24, 2.45) is 0 Å². The molecule has 214 valence electrons. The van der Waals surface area contributed by atoms with E-state index in [0.29, 0.717) is 31.4 Å². The fourth-order valence-corrected chi connectivity index (χ4v) is 4.35. The summed E-state index contributed by atoms with van der Waals surface area (Å²) in [5.41, 5.74) is 5.61. The highest BCUT2D eigenvalue weighted by molar-refractivity contribution is 5.79. The zero-order chi connectivity index (χ0) is 29.1. The average molecular weight is 554 g/mol. The Morgan fingerprint density at radius 2 is 1.54 bits per heavy atom. The van der Waals surface area contributed by atoms with Crippen molar-refractivity contribution in [3.8, 4) is 17.5 Å². The molecule has 4 aromatic rings. The van der Waals surface area contributed by atoms with Crippen LogP contribution in [0.3, 0.4) is 0 Å². The summed E-state index contributed by atoms with van der Waals surface area (Å²) in [5.74, 6) is 1.63. The van der Waals surface area contributed by atoms with Gasteiger partial charge in [0, 0.05) is 29.4 Å². The number of benzene rings is 3. The van der Waals surface area contributed by atoms with E-state index in [1.54, 1.807) is 6.20 Å². The van der Waals surface area contributed by atoms with Crippen molar-refractivity contribution in [3.63, 3.8) is 0 Å². The van der Waals surface area contributed by atoms with E-state index in [2.05, 4.69) is 53.4 Å². The summed E-state index contributed by atoms with van der Waals surface area (Å²) in [5, 5.41) is 3.35. The number of ether oxygens (including phenoxy) is 3. The summed E-state index contributed by atoms with van der Waals surface area (Å²) >= 11 is 0. The van der Waals surface area contributed by atoms with Gasteiger partial charge in [-0.05, 0) is 78.9 Å². The number of rotatable bonds is 15. The highest BCUT2D eigenvalue weighted by Gasteiger charge is 2.23. The van der Waals surface area contributed by atoms with Gasteiger partial charge in [0.1, 0.15) is 24.4 Å². The summed E-state index contributed by atoms with van der Waals surface area (Å²) in [6.45, 7) is 10.7. The maximum atomic E-state index is 11.1. The van der Waals surface area contributed by atoms with E-state index in [-0.39, 0.29) is 5.41 Å². The highest BCUT2D eigenvalue weighted by Crippen LogP contribution is 2.33. The lowest BCUT2D eigenvalue weighted by Gasteiger charge is -2.26. The monoisotopic (exact) mass is 553 g/mol. The third kappa shape index (κ3) is 8.30. The summed E-state index contributed by atoms with van der Waals surface area (Å²) in [6, 6.07) is 24.5. The van der Waals surface area contributed by atoms with Gasteiger partial charge >= 0.3 is 6.01 Å². The van der Waals surface area contributed by atoms with Gasteiger partial charge in [-0.25, -0.2) is 4.98 Å². The van der Waals surface area contributed by atoms with Crippen LogP contribution in [0.2, 0.25) is 0 Å². The van der Waals surface area contributed by atoms with E-state index in [4.69, 9.17) is 14.2 Å². The molecule has 1 heterocycles. The van der Waals surface area contributed by atoms with E-state index >= 15 is 0 Å². The second-order valence-electron chi connectivity index (χ2n) is 10.5. The quantitative estimate of drug-likeness (QED) is 0.123. The lowest BCUT2D eigenvalue weighted by Crippen LogP contribution is -2.18. The fourth-order valence-electron chi connectivity index (χ4n) is 4.35. The first-order chi connectivity index (χ1) is 19.9. The van der Waals surface area contributed by atoms with Crippen LogP contribution in [0.4, 0.5) is 5.69 Å². The molecule has 1 N–H and O–H groups in total. The second-order valence-corrected chi connectivity index (χ2v) is 10.5. The lowest BCUT2D eigenvalue weighted by atomic mass is 9.78. The molecule has 0 aliphatic heterocycles. The van der Waals surface area contributed by atoms with Crippen molar-refractivity contribution in [1.82, 2.24) is 9.97 Å². The molecule has 0 radical (unpaired) electrons.